The predicted molar refractivity (Wildman–Crippen MR) is 89.1 cm³/mol. The molecule has 2 unspecified atom stereocenters. The molecule has 1 amide bonds. The van der Waals surface area contributed by atoms with E-state index in [0.717, 1.165) is 19.6 Å². The second-order valence-electron chi connectivity index (χ2n) is 7.19. The summed E-state index contributed by atoms with van der Waals surface area (Å²) in [6, 6.07) is 0.525. The summed E-state index contributed by atoms with van der Waals surface area (Å²) in [6.07, 6.45) is 6.84. The highest BCUT2D eigenvalue weighted by Crippen LogP contribution is 2.25. The Morgan fingerprint density at radius 2 is 1.95 bits per heavy atom. The van der Waals surface area contributed by atoms with E-state index in [1.54, 1.807) is 7.11 Å². The Bertz CT molecular complexity index is 316. The first-order valence-electron chi connectivity index (χ1n) is 8.61. The number of carbonyl (C=O) groups is 1. The number of hydrogen-bond acceptors (Lipinski definition) is 4. The lowest BCUT2D eigenvalue weighted by molar-refractivity contribution is 0.0517. The predicted octanol–water partition coefficient (Wildman–Crippen LogP) is 3.09. The van der Waals surface area contributed by atoms with Crippen molar-refractivity contribution in [1.29, 1.82) is 0 Å². The van der Waals surface area contributed by atoms with Gasteiger partial charge in [-0.05, 0) is 65.3 Å². The van der Waals surface area contributed by atoms with Crippen molar-refractivity contribution in [1.82, 2.24) is 10.6 Å². The van der Waals surface area contributed by atoms with E-state index in [9.17, 15) is 4.79 Å². The molecular weight excluding hydrogens is 280 g/mol. The molecule has 22 heavy (non-hydrogen) atoms. The highest BCUT2D eigenvalue weighted by Gasteiger charge is 2.27. The first kappa shape index (κ1) is 19.2. The van der Waals surface area contributed by atoms with Gasteiger partial charge in [0.2, 0.25) is 0 Å². The van der Waals surface area contributed by atoms with E-state index in [4.69, 9.17) is 9.47 Å². The maximum Gasteiger partial charge on any atom is 0.407 e. The Morgan fingerprint density at radius 1 is 1.18 bits per heavy atom. The number of nitrogens with one attached hydrogen (secondary N) is 2. The lowest BCUT2D eigenvalue weighted by Gasteiger charge is -2.23. The zero-order valence-corrected chi connectivity index (χ0v) is 14.7. The summed E-state index contributed by atoms with van der Waals surface area (Å²) in [7, 11) is 1.75. The summed E-state index contributed by atoms with van der Waals surface area (Å²) in [5.41, 5.74) is -0.431. The van der Waals surface area contributed by atoms with Crippen LogP contribution >= 0.6 is 0 Å². The lowest BCUT2D eigenvalue weighted by atomic mass is 10.0. The van der Waals surface area contributed by atoms with E-state index in [-0.39, 0.29) is 6.09 Å². The molecule has 1 fully saturated rings. The molecule has 2 atom stereocenters. The molecule has 0 aliphatic heterocycles. The van der Waals surface area contributed by atoms with E-state index >= 15 is 0 Å². The molecular formula is C17H34N2O3. The Morgan fingerprint density at radius 3 is 2.64 bits per heavy atom. The molecule has 0 spiro atoms. The molecule has 1 aliphatic carbocycles. The molecule has 5 nitrogen and oxygen atoms in total. The van der Waals surface area contributed by atoms with Gasteiger partial charge in [-0.2, -0.15) is 0 Å². The molecule has 0 saturated heterocycles. The number of alkyl carbamates (subject to hydrolysis) is 1. The number of rotatable bonds is 9. The fourth-order valence-corrected chi connectivity index (χ4v) is 2.91. The van der Waals surface area contributed by atoms with Gasteiger partial charge in [0.1, 0.15) is 5.60 Å². The molecule has 0 radical (unpaired) electrons. The van der Waals surface area contributed by atoms with Crippen molar-refractivity contribution in [3.63, 3.8) is 0 Å². The number of methoxy groups -OCH3 is 1. The van der Waals surface area contributed by atoms with Crippen molar-refractivity contribution in [3.05, 3.63) is 0 Å². The van der Waals surface area contributed by atoms with E-state index < -0.39 is 5.60 Å². The Hall–Kier alpha value is -0.810. The highest BCUT2D eigenvalue weighted by molar-refractivity contribution is 5.67. The van der Waals surface area contributed by atoms with Crippen molar-refractivity contribution >= 4 is 6.09 Å². The minimum atomic E-state index is -0.431. The number of carbonyl (C=O) groups excluding carboxylic acids is 1. The van der Waals surface area contributed by atoms with Gasteiger partial charge in [0, 0.05) is 26.3 Å². The highest BCUT2D eigenvalue weighted by atomic mass is 16.6. The molecule has 1 saturated carbocycles. The van der Waals surface area contributed by atoms with Gasteiger partial charge in [0.25, 0.3) is 0 Å². The fourth-order valence-electron chi connectivity index (χ4n) is 2.91. The normalized spacial score (nSPS) is 21.8. The van der Waals surface area contributed by atoms with E-state index in [2.05, 4.69) is 10.6 Å². The first-order valence-corrected chi connectivity index (χ1v) is 8.61. The maximum absolute atomic E-state index is 11.7. The quantitative estimate of drug-likeness (QED) is 0.642. The third-order valence-electron chi connectivity index (χ3n) is 4.00. The Balaban J connectivity index is 2.16. The largest absolute Gasteiger partial charge is 0.444 e. The van der Waals surface area contributed by atoms with Crippen LogP contribution < -0.4 is 10.6 Å². The standard InChI is InChI=1S/C17H34N2O3/c1-17(2,3)22-16(20)19-13-14-9-8-10-15(14)18-11-6-5-7-12-21-4/h14-15,18H,5-13H2,1-4H3,(H,19,20). The Labute approximate surface area is 135 Å². The SMILES string of the molecule is COCCCCCNC1CCCC1CNC(=O)OC(C)(C)C. The first-order chi connectivity index (χ1) is 10.4. The lowest BCUT2D eigenvalue weighted by Crippen LogP contribution is -2.41. The third-order valence-corrected chi connectivity index (χ3v) is 4.00. The summed E-state index contributed by atoms with van der Waals surface area (Å²) >= 11 is 0. The van der Waals surface area contributed by atoms with Crippen molar-refractivity contribution in [3.8, 4) is 0 Å². The number of amides is 1. The van der Waals surface area contributed by atoms with E-state index in [1.165, 1.54) is 32.1 Å². The van der Waals surface area contributed by atoms with Gasteiger partial charge in [-0.3, -0.25) is 0 Å². The maximum atomic E-state index is 11.7. The van der Waals surface area contributed by atoms with Crippen LogP contribution in [-0.2, 0) is 9.47 Å². The molecule has 0 heterocycles. The van der Waals surface area contributed by atoms with Gasteiger partial charge in [-0.1, -0.05) is 6.42 Å². The van der Waals surface area contributed by atoms with Crippen LogP contribution in [0.15, 0.2) is 0 Å². The fraction of sp³-hybridized carbons (Fsp3) is 0.941. The van der Waals surface area contributed by atoms with Crippen LogP contribution in [0.25, 0.3) is 0 Å². The minimum Gasteiger partial charge on any atom is -0.444 e. The van der Waals surface area contributed by atoms with Gasteiger partial charge >= 0.3 is 6.09 Å². The second kappa shape index (κ2) is 10.1. The van der Waals surface area contributed by atoms with Gasteiger partial charge in [0.15, 0.2) is 0 Å². The summed E-state index contributed by atoms with van der Waals surface area (Å²) in [4.78, 5) is 11.7. The molecule has 0 aromatic rings. The topological polar surface area (TPSA) is 59.6 Å². The van der Waals surface area contributed by atoms with Crippen LogP contribution in [0.4, 0.5) is 4.79 Å². The van der Waals surface area contributed by atoms with Crippen molar-refractivity contribution in [2.45, 2.75) is 70.9 Å². The molecule has 1 rings (SSSR count). The van der Waals surface area contributed by atoms with Gasteiger partial charge < -0.3 is 20.1 Å². The zero-order chi connectivity index (χ0) is 16.4. The average molecular weight is 314 g/mol. The average Bonchev–Trinajstić information content (AvgIpc) is 2.86. The third kappa shape index (κ3) is 8.59. The van der Waals surface area contributed by atoms with Crippen molar-refractivity contribution in [2.75, 3.05) is 26.8 Å². The van der Waals surface area contributed by atoms with Crippen LogP contribution in [0, 0.1) is 5.92 Å². The van der Waals surface area contributed by atoms with E-state index in [0.29, 0.717) is 18.5 Å². The van der Waals surface area contributed by atoms with Gasteiger partial charge in [-0.25, -0.2) is 4.79 Å². The summed E-state index contributed by atoms with van der Waals surface area (Å²) in [6.45, 7) is 8.27. The zero-order valence-electron chi connectivity index (χ0n) is 14.7. The van der Waals surface area contributed by atoms with Crippen LogP contribution in [-0.4, -0.2) is 44.5 Å². The number of hydrogen-bond donors (Lipinski definition) is 2. The van der Waals surface area contributed by atoms with E-state index in [1.807, 2.05) is 20.8 Å². The smallest absolute Gasteiger partial charge is 0.407 e. The summed E-state index contributed by atoms with van der Waals surface area (Å²) < 4.78 is 10.3. The monoisotopic (exact) mass is 314 g/mol. The molecule has 1 aliphatic rings. The van der Waals surface area contributed by atoms with Crippen LogP contribution in [0.1, 0.15) is 59.3 Å². The second-order valence-corrected chi connectivity index (χ2v) is 7.19. The minimum absolute atomic E-state index is 0.308. The Kier molecular flexibility index (Phi) is 8.79. The molecule has 0 bridgehead atoms. The van der Waals surface area contributed by atoms with Crippen molar-refractivity contribution < 1.29 is 14.3 Å². The van der Waals surface area contributed by atoms with Gasteiger partial charge in [-0.15, -0.1) is 0 Å². The number of ether oxygens (including phenoxy) is 2. The molecule has 2 N–H and O–H groups in total. The van der Waals surface area contributed by atoms with Gasteiger partial charge in [0.05, 0.1) is 0 Å². The van der Waals surface area contributed by atoms with Crippen LogP contribution in [0.2, 0.25) is 0 Å². The molecule has 5 heteroatoms. The number of unbranched alkanes of at least 4 members (excludes halogenated alkanes) is 2. The van der Waals surface area contributed by atoms with Crippen LogP contribution in [0.5, 0.6) is 0 Å². The molecule has 0 aromatic carbocycles. The molecule has 130 valence electrons. The molecule has 0 aromatic heterocycles. The summed E-state index contributed by atoms with van der Waals surface area (Å²) in [5, 5.41) is 6.56. The van der Waals surface area contributed by atoms with Crippen LogP contribution in [0.3, 0.4) is 0 Å². The van der Waals surface area contributed by atoms with Crippen molar-refractivity contribution in [2.24, 2.45) is 5.92 Å². The summed E-state index contributed by atoms with van der Waals surface area (Å²) in [5.74, 6) is 0.520.